The van der Waals surface area contributed by atoms with E-state index in [2.05, 4.69) is 14.7 Å². The average Bonchev–Trinajstić information content (AvgIpc) is 2.58. The summed E-state index contributed by atoms with van der Waals surface area (Å²) in [5.74, 6) is 0.560. The fourth-order valence-corrected chi connectivity index (χ4v) is 1.70. The maximum atomic E-state index is 10.6. The smallest absolute Gasteiger partial charge is 0.410 e. The Morgan fingerprint density at radius 1 is 1.61 bits per heavy atom. The van der Waals surface area contributed by atoms with Crippen molar-refractivity contribution in [2.45, 2.75) is 19.4 Å². The Morgan fingerprint density at radius 2 is 2.33 bits per heavy atom. The monoisotopic (exact) mass is 269 g/mol. The molecule has 18 heavy (non-hydrogen) atoms. The van der Waals surface area contributed by atoms with Gasteiger partial charge < -0.3 is 15.2 Å². The van der Waals surface area contributed by atoms with Gasteiger partial charge in [0.2, 0.25) is 5.90 Å². The van der Waals surface area contributed by atoms with Crippen LogP contribution in [-0.2, 0) is 4.74 Å². The number of nitrogens with zero attached hydrogens (tertiary/aromatic N) is 2. The minimum atomic E-state index is -0.920. The number of carbonyl (C=O) groups excluding carboxylic acids is 1. The third-order valence-electron chi connectivity index (χ3n) is 2.21. The number of aromatic nitrogens is 1. The fraction of sp³-hybridized carbons (Fsp3) is 0.364. The van der Waals surface area contributed by atoms with Gasteiger partial charge in [0.1, 0.15) is 11.3 Å². The first-order chi connectivity index (χ1) is 8.37. The first kappa shape index (κ1) is 12.6. The minimum absolute atomic E-state index is 0.175. The first-order valence-corrected chi connectivity index (χ1v) is 5.62. The lowest BCUT2D eigenvalue weighted by atomic mass is 10.1. The van der Waals surface area contributed by atoms with Crippen molar-refractivity contribution in [1.82, 2.24) is 4.98 Å². The molecular formula is C11H12ClN3O3. The maximum Gasteiger partial charge on any atom is 0.410 e. The summed E-state index contributed by atoms with van der Waals surface area (Å²) < 4.78 is 10.3. The van der Waals surface area contributed by atoms with Crippen molar-refractivity contribution < 1.29 is 14.3 Å². The zero-order valence-electron chi connectivity index (χ0n) is 9.94. The lowest BCUT2D eigenvalue weighted by molar-refractivity contribution is 0.131. The summed E-state index contributed by atoms with van der Waals surface area (Å²) in [6, 6.07) is 1.44. The van der Waals surface area contributed by atoms with E-state index in [0.717, 1.165) is 0 Å². The Labute approximate surface area is 109 Å². The van der Waals surface area contributed by atoms with Crippen molar-refractivity contribution in [1.29, 1.82) is 0 Å². The summed E-state index contributed by atoms with van der Waals surface area (Å²) in [5.41, 5.74) is 4.95. The van der Waals surface area contributed by atoms with Gasteiger partial charge in [-0.05, 0) is 13.8 Å². The molecule has 0 saturated carbocycles. The average molecular weight is 270 g/mol. The Bertz CT molecular complexity index is 528. The third kappa shape index (κ3) is 2.70. The number of halogens is 1. The number of primary amides is 1. The van der Waals surface area contributed by atoms with Crippen molar-refractivity contribution in [3.8, 4) is 5.75 Å². The van der Waals surface area contributed by atoms with Gasteiger partial charge in [-0.25, -0.2) is 14.8 Å². The zero-order valence-corrected chi connectivity index (χ0v) is 10.7. The van der Waals surface area contributed by atoms with E-state index in [1.165, 1.54) is 12.3 Å². The molecule has 1 aromatic heterocycles. The van der Waals surface area contributed by atoms with Crippen molar-refractivity contribution in [3.05, 3.63) is 23.0 Å². The topological polar surface area (TPSA) is 86.8 Å². The van der Waals surface area contributed by atoms with Gasteiger partial charge in [0.25, 0.3) is 0 Å². The highest BCUT2D eigenvalue weighted by atomic mass is 35.5. The van der Waals surface area contributed by atoms with E-state index in [-0.39, 0.29) is 16.4 Å². The highest BCUT2D eigenvalue weighted by Crippen LogP contribution is 2.26. The molecule has 0 unspecified atom stereocenters. The second-order valence-corrected chi connectivity index (χ2v) is 4.81. The molecule has 2 heterocycles. The molecule has 0 saturated heterocycles. The van der Waals surface area contributed by atoms with E-state index in [1.54, 1.807) is 0 Å². The molecule has 7 heteroatoms. The summed E-state index contributed by atoms with van der Waals surface area (Å²) in [6.07, 6.45) is 0.416. The first-order valence-electron chi connectivity index (χ1n) is 5.24. The number of pyridine rings is 1. The van der Waals surface area contributed by atoms with Crippen LogP contribution in [0.5, 0.6) is 5.75 Å². The van der Waals surface area contributed by atoms with Crippen molar-refractivity contribution in [2.75, 3.05) is 6.54 Å². The van der Waals surface area contributed by atoms with Crippen LogP contribution in [0.15, 0.2) is 17.3 Å². The number of carbonyl (C=O) groups is 1. The molecule has 1 aliphatic rings. The van der Waals surface area contributed by atoms with Crippen LogP contribution in [0.2, 0.25) is 5.02 Å². The Hall–Kier alpha value is -1.82. The number of aliphatic imine (C=N–C) groups is 1. The van der Waals surface area contributed by atoms with E-state index < -0.39 is 6.09 Å². The number of hydrogen-bond acceptors (Lipinski definition) is 5. The molecule has 0 bridgehead atoms. The molecule has 6 nitrogen and oxygen atoms in total. The molecule has 0 aromatic carbocycles. The van der Waals surface area contributed by atoms with E-state index >= 15 is 0 Å². The van der Waals surface area contributed by atoms with Gasteiger partial charge in [-0.15, -0.1) is 0 Å². The Kier molecular flexibility index (Phi) is 3.13. The molecule has 0 radical (unpaired) electrons. The number of nitrogens with two attached hydrogens (primary N) is 1. The van der Waals surface area contributed by atoms with Crippen LogP contribution >= 0.6 is 11.6 Å². The molecule has 0 fully saturated rings. The van der Waals surface area contributed by atoms with Crippen LogP contribution in [0, 0.1) is 0 Å². The highest BCUT2D eigenvalue weighted by molar-refractivity contribution is 6.33. The Balaban J connectivity index is 2.23. The number of rotatable bonds is 2. The van der Waals surface area contributed by atoms with Crippen LogP contribution in [0.25, 0.3) is 0 Å². The van der Waals surface area contributed by atoms with Crippen LogP contribution in [0.4, 0.5) is 4.79 Å². The van der Waals surface area contributed by atoms with Gasteiger partial charge in [0.15, 0.2) is 5.75 Å². The second-order valence-electron chi connectivity index (χ2n) is 4.41. The molecule has 1 amide bonds. The van der Waals surface area contributed by atoms with Gasteiger partial charge in [-0.3, -0.25) is 0 Å². The van der Waals surface area contributed by atoms with Gasteiger partial charge in [0, 0.05) is 6.07 Å². The molecule has 2 rings (SSSR count). The van der Waals surface area contributed by atoms with Gasteiger partial charge in [-0.2, -0.15) is 0 Å². The molecular weight excluding hydrogens is 258 g/mol. The molecule has 1 aromatic rings. The van der Waals surface area contributed by atoms with Crippen molar-refractivity contribution in [2.24, 2.45) is 10.7 Å². The molecule has 0 aliphatic carbocycles. The van der Waals surface area contributed by atoms with Crippen LogP contribution < -0.4 is 10.5 Å². The molecule has 0 atom stereocenters. The van der Waals surface area contributed by atoms with E-state index in [9.17, 15) is 4.79 Å². The minimum Gasteiger partial charge on any atom is -0.468 e. The SMILES string of the molecule is CC1(C)CN=C(c2ncc(OC(N)=O)cc2Cl)O1. The quantitative estimate of drug-likeness (QED) is 0.886. The second kappa shape index (κ2) is 4.45. The number of ether oxygens (including phenoxy) is 2. The number of amides is 1. The molecule has 96 valence electrons. The zero-order chi connectivity index (χ0) is 13.3. The molecule has 0 spiro atoms. The van der Waals surface area contributed by atoms with Gasteiger partial charge >= 0.3 is 6.09 Å². The lowest BCUT2D eigenvalue weighted by Crippen LogP contribution is -2.24. The van der Waals surface area contributed by atoms with Gasteiger partial charge in [-0.1, -0.05) is 11.6 Å². The van der Waals surface area contributed by atoms with Crippen molar-refractivity contribution in [3.63, 3.8) is 0 Å². The largest absolute Gasteiger partial charge is 0.468 e. The standard InChI is InChI=1S/C11H12ClN3O3/c1-11(2)5-15-9(18-11)8-7(12)3-6(4-14-8)17-10(13)16/h3-4H,5H2,1-2H3,(H2,13,16). The van der Waals surface area contributed by atoms with E-state index in [0.29, 0.717) is 18.1 Å². The summed E-state index contributed by atoms with van der Waals surface area (Å²) in [7, 11) is 0. The van der Waals surface area contributed by atoms with Crippen LogP contribution in [0.3, 0.4) is 0 Å². The van der Waals surface area contributed by atoms with E-state index in [4.69, 9.17) is 22.1 Å². The summed E-state index contributed by atoms with van der Waals surface area (Å²) in [4.78, 5) is 18.9. The summed E-state index contributed by atoms with van der Waals surface area (Å²) >= 11 is 6.03. The Morgan fingerprint density at radius 3 is 2.83 bits per heavy atom. The van der Waals surface area contributed by atoms with Crippen LogP contribution in [-0.4, -0.2) is 29.1 Å². The predicted molar refractivity (Wildman–Crippen MR) is 66.0 cm³/mol. The van der Waals surface area contributed by atoms with Crippen LogP contribution in [0.1, 0.15) is 19.5 Å². The summed E-state index contributed by atoms with van der Waals surface area (Å²) in [5, 5.41) is 0.283. The molecule has 1 aliphatic heterocycles. The lowest BCUT2D eigenvalue weighted by Gasteiger charge is -2.17. The van der Waals surface area contributed by atoms with E-state index in [1.807, 2.05) is 13.8 Å². The molecule has 2 N–H and O–H groups in total. The number of hydrogen-bond donors (Lipinski definition) is 1. The normalized spacial score (nSPS) is 16.9. The maximum absolute atomic E-state index is 10.6. The van der Waals surface area contributed by atoms with Gasteiger partial charge in [0.05, 0.1) is 17.8 Å². The predicted octanol–water partition coefficient (Wildman–Crippen LogP) is 1.75. The highest BCUT2D eigenvalue weighted by Gasteiger charge is 2.30. The summed E-state index contributed by atoms with van der Waals surface area (Å²) in [6.45, 7) is 4.38. The van der Waals surface area contributed by atoms with Crippen molar-refractivity contribution >= 4 is 23.6 Å². The third-order valence-corrected chi connectivity index (χ3v) is 2.50. The fourth-order valence-electron chi connectivity index (χ4n) is 1.46.